The molecule has 1 rings (SSSR count). The number of guanidine groups is 2. The lowest BCUT2D eigenvalue weighted by Crippen LogP contribution is -2.53. The average molecular weight is 186 g/mol. The van der Waals surface area contributed by atoms with E-state index in [1.807, 2.05) is 0 Å². The fraction of sp³-hybridized carbons (Fsp3) is 0.400. The lowest BCUT2D eigenvalue weighted by molar-refractivity contribution is -0.137. The highest BCUT2D eigenvalue weighted by atomic mass is 16.4. The molecular formula is C5H10N6O2. The van der Waals surface area contributed by atoms with Gasteiger partial charge in [-0.2, -0.15) is 4.99 Å². The van der Waals surface area contributed by atoms with Gasteiger partial charge >= 0.3 is 5.97 Å². The lowest BCUT2D eigenvalue weighted by Gasteiger charge is -2.27. The minimum atomic E-state index is -1.07. The number of carboxylic acid groups (broad SMARTS) is 1. The molecule has 0 bridgehead atoms. The molecule has 1 aliphatic rings. The van der Waals surface area contributed by atoms with Crippen molar-refractivity contribution >= 4 is 17.9 Å². The predicted molar refractivity (Wildman–Crippen MR) is 45.6 cm³/mol. The van der Waals surface area contributed by atoms with Crippen LogP contribution < -0.4 is 17.2 Å². The molecule has 0 amide bonds. The van der Waals surface area contributed by atoms with Gasteiger partial charge in [-0.3, -0.25) is 15.4 Å². The van der Waals surface area contributed by atoms with E-state index >= 15 is 0 Å². The van der Waals surface area contributed by atoms with Crippen molar-refractivity contribution in [1.29, 1.82) is 0 Å². The molecule has 13 heavy (non-hydrogen) atoms. The zero-order chi connectivity index (χ0) is 10.0. The minimum absolute atomic E-state index is 0.0394. The van der Waals surface area contributed by atoms with Crippen LogP contribution in [0.5, 0.6) is 0 Å². The normalized spacial score (nSPS) is 22.2. The number of rotatable bonds is 2. The van der Waals surface area contributed by atoms with Gasteiger partial charge in [0.2, 0.25) is 11.9 Å². The van der Waals surface area contributed by atoms with E-state index in [4.69, 9.17) is 22.3 Å². The van der Waals surface area contributed by atoms with Crippen LogP contribution in [0.25, 0.3) is 0 Å². The molecule has 0 aromatic carbocycles. The molecule has 7 N–H and O–H groups in total. The molecule has 0 radical (unpaired) electrons. The third-order valence-corrected chi connectivity index (χ3v) is 1.41. The summed E-state index contributed by atoms with van der Waals surface area (Å²) < 4.78 is 0. The van der Waals surface area contributed by atoms with Crippen LogP contribution in [0.3, 0.4) is 0 Å². The summed E-state index contributed by atoms with van der Waals surface area (Å²) in [7, 11) is 0. The van der Waals surface area contributed by atoms with Crippen LogP contribution in [-0.4, -0.2) is 40.7 Å². The Hall–Kier alpha value is -1.83. The average Bonchev–Trinajstić information content (AvgIpc) is 1.96. The van der Waals surface area contributed by atoms with Gasteiger partial charge in [0.25, 0.3) is 0 Å². The van der Waals surface area contributed by atoms with Gasteiger partial charge in [0.05, 0.1) is 0 Å². The van der Waals surface area contributed by atoms with Crippen LogP contribution >= 0.6 is 0 Å². The van der Waals surface area contributed by atoms with E-state index in [-0.39, 0.29) is 18.5 Å². The summed E-state index contributed by atoms with van der Waals surface area (Å²) in [5.41, 5.74) is 16.1. The first-order valence-corrected chi connectivity index (χ1v) is 3.42. The summed E-state index contributed by atoms with van der Waals surface area (Å²) in [6, 6.07) is 0. The highest BCUT2D eigenvalue weighted by molar-refractivity contribution is 5.96. The second-order valence-corrected chi connectivity index (χ2v) is 2.39. The molecule has 1 aliphatic heterocycles. The molecular weight excluding hydrogens is 176 g/mol. The molecule has 72 valence electrons. The highest BCUT2D eigenvalue weighted by Gasteiger charge is 2.22. The topological polar surface area (TPSA) is 143 Å². The summed E-state index contributed by atoms with van der Waals surface area (Å²) in [5, 5.41) is 8.48. The summed E-state index contributed by atoms with van der Waals surface area (Å²) in [4.78, 5) is 18.7. The molecule has 0 aromatic heterocycles. The summed E-state index contributed by atoms with van der Waals surface area (Å²) in [6.07, 6.45) is -0.881. The third-order valence-electron chi connectivity index (χ3n) is 1.41. The maximum atomic E-state index is 10.4. The Kier molecular flexibility index (Phi) is 2.33. The van der Waals surface area contributed by atoms with E-state index < -0.39 is 12.3 Å². The minimum Gasteiger partial charge on any atom is -0.480 e. The highest BCUT2D eigenvalue weighted by Crippen LogP contribution is 2.00. The van der Waals surface area contributed by atoms with E-state index in [0.717, 1.165) is 4.90 Å². The zero-order valence-corrected chi connectivity index (χ0v) is 6.71. The Bertz CT molecular complexity index is 285. The van der Waals surface area contributed by atoms with Gasteiger partial charge < -0.3 is 16.6 Å². The monoisotopic (exact) mass is 186 g/mol. The molecule has 8 nitrogen and oxygen atoms in total. The number of carbonyl (C=O) groups is 1. The fourth-order valence-corrected chi connectivity index (χ4v) is 0.871. The first-order chi connectivity index (χ1) is 6.00. The summed E-state index contributed by atoms with van der Waals surface area (Å²) in [5.74, 6) is -1.15. The molecule has 0 aromatic rings. The quantitative estimate of drug-likeness (QED) is 0.368. The van der Waals surface area contributed by atoms with Crippen molar-refractivity contribution in [1.82, 2.24) is 4.90 Å². The Morgan fingerprint density at radius 3 is 2.69 bits per heavy atom. The molecule has 1 heterocycles. The first-order valence-electron chi connectivity index (χ1n) is 3.42. The predicted octanol–water partition coefficient (Wildman–Crippen LogP) is -2.74. The second kappa shape index (κ2) is 3.27. The number of carboxylic acids is 1. The Morgan fingerprint density at radius 1 is 1.62 bits per heavy atom. The van der Waals surface area contributed by atoms with Crippen molar-refractivity contribution in [3.63, 3.8) is 0 Å². The van der Waals surface area contributed by atoms with Crippen molar-refractivity contribution in [3.05, 3.63) is 0 Å². The molecule has 0 fully saturated rings. The largest absolute Gasteiger partial charge is 0.480 e. The number of hydrogen-bond acceptors (Lipinski definition) is 7. The fourth-order valence-electron chi connectivity index (χ4n) is 0.871. The van der Waals surface area contributed by atoms with Crippen LogP contribution in [0.4, 0.5) is 0 Å². The summed E-state index contributed by atoms with van der Waals surface area (Å²) in [6.45, 7) is -0.354. The van der Waals surface area contributed by atoms with Crippen LogP contribution in [0, 0.1) is 0 Å². The SMILES string of the molecule is NC1=NC(N)N(CC(=O)O)C(N)=N1. The Labute approximate surface area is 73.7 Å². The third kappa shape index (κ3) is 2.06. The molecule has 1 atom stereocenters. The van der Waals surface area contributed by atoms with Gasteiger partial charge in [-0.05, 0) is 0 Å². The lowest BCUT2D eigenvalue weighted by atomic mass is 10.5. The smallest absolute Gasteiger partial charge is 0.323 e. The molecule has 0 spiro atoms. The van der Waals surface area contributed by atoms with Crippen LogP contribution in [0.2, 0.25) is 0 Å². The van der Waals surface area contributed by atoms with E-state index in [2.05, 4.69) is 9.98 Å². The van der Waals surface area contributed by atoms with E-state index in [9.17, 15) is 4.79 Å². The number of nitrogens with zero attached hydrogens (tertiary/aromatic N) is 3. The molecule has 0 saturated carbocycles. The van der Waals surface area contributed by atoms with Crippen LogP contribution in [-0.2, 0) is 4.79 Å². The van der Waals surface area contributed by atoms with Gasteiger partial charge in [-0.1, -0.05) is 0 Å². The van der Waals surface area contributed by atoms with Gasteiger partial charge in [0, 0.05) is 0 Å². The Morgan fingerprint density at radius 2 is 2.23 bits per heavy atom. The second-order valence-electron chi connectivity index (χ2n) is 2.39. The van der Waals surface area contributed by atoms with E-state index in [1.165, 1.54) is 0 Å². The van der Waals surface area contributed by atoms with E-state index in [0.29, 0.717) is 0 Å². The van der Waals surface area contributed by atoms with Crippen molar-refractivity contribution in [2.24, 2.45) is 27.2 Å². The number of nitrogens with two attached hydrogens (primary N) is 3. The van der Waals surface area contributed by atoms with Gasteiger partial charge in [0.15, 0.2) is 6.29 Å². The molecule has 1 unspecified atom stereocenters. The van der Waals surface area contributed by atoms with Gasteiger partial charge in [-0.25, -0.2) is 4.99 Å². The van der Waals surface area contributed by atoms with Crippen molar-refractivity contribution in [2.75, 3.05) is 6.54 Å². The molecule has 0 aliphatic carbocycles. The first kappa shape index (κ1) is 9.26. The van der Waals surface area contributed by atoms with Crippen LogP contribution in [0.15, 0.2) is 9.98 Å². The summed E-state index contributed by atoms with van der Waals surface area (Å²) >= 11 is 0. The maximum Gasteiger partial charge on any atom is 0.323 e. The van der Waals surface area contributed by atoms with Gasteiger partial charge in [0.1, 0.15) is 6.54 Å². The van der Waals surface area contributed by atoms with Crippen molar-refractivity contribution in [3.8, 4) is 0 Å². The molecule has 0 saturated heterocycles. The van der Waals surface area contributed by atoms with Gasteiger partial charge in [-0.15, -0.1) is 0 Å². The van der Waals surface area contributed by atoms with Crippen LogP contribution in [0.1, 0.15) is 0 Å². The maximum absolute atomic E-state index is 10.4. The number of aliphatic imine (C=N–C) groups is 2. The number of aliphatic carboxylic acids is 1. The van der Waals surface area contributed by atoms with Crippen molar-refractivity contribution < 1.29 is 9.90 Å². The van der Waals surface area contributed by atoms with E-state index in [1.54, 1.807) is 0 Å². The molecule has 8 heteroatoms. The Balaban J connectivity index is 2.77. The zero-order valence-electron chi connectivity index (χ0n) is 6.71. The van der Waals surface area contributed by atoms with Crippen molar-refractivity contribution in [2.45, 2.75) is 6.29 Å². The standard InChI is InChI=1S/C5H10N6O2/c6-3-9-4(7)11(1-2(12)13)5(8)10-3/h4H,1,7H2,(H,12,13)(H4,6,8,9,10). The number of hydrogen-bond donors (Lipinski definition) is 4.